The van der Waals surface area contributed by atoms with Crippen LogP contribution in [0.2, 0.25) is 0 Å². The largest absolute Gasteiger partial charge is 0.490 e. The van der Waals surface area contributed by atoms with E-state index in [1.807, 2.05) is 225 Å². The monoisotopic (exact) mass is 1260 g/mol. The molecular formula is C89H72N4O4. The lowest BCUT2D eigenvalue weighted by molar-refractivity contribution is -0.0321. The van der Waals surface area contributed by atoms with Gasteiger partial charge >= 0.3 is 0 Å². The van der Waals surface area contributed by atoms with E-state index in [0.29, 0.717) is 23.0 Å². The number of nitrogens with zero attached hydrogens (tertiary/aromatic N) is 4. The van der Waals surface area contributed by atoms with Crippen molar-refractivity contribution in [3.8, 4) is 23.0 Å². The Morgan fingerprint density at radius 3 is 0.784 bits per heavy atom. The van der Waals surface area contributed by atoms with Gasteiger partial charge in [-0.3, -0.25) is 0 Å². The molecule has 0 N–H and O–H groups in total. The van der Waals surface area contributed by atoms with Crippen LogP contribution in [-0.4, -0.2) is 48.4 Å². The fraction of sp³-hybridized carbons (Fsp3) is 0.101. The van der Waals surface area contributed by atoms with Gasteiger partial charge in [-0.25, -0.2) is 20.0 Å². The van der Waals surface area contributed by atoms with Crippen LogP contribution in [0, 0.1) is 27.7 Å². The molecule has 0 bridgehead atoms. The highest BCUT2D eigenvalue weighted by atomic mass is 16.6. The van der Waals surface area contributed by atoms with Crippen molar-refractivity contribution in [3.63, 3.8) is 0 Å². The van der Waals surface area contributed by atoms with E-state index in [0.717, 1.165) is 112 Å². The summed E-state index contributed by atoms with van der Waals surface area (Å²) in [5.41, 5.74) is 18.8. The lowest BCUT2D eigenvalue weighted by Gasteiger charge is -2.33. The molecule has 472 valence electrons. The van der Waals surface area contributed by atoms with E-state index in [9.17, 15) is 0 Å². The van der Waals surface area contributed by atoms with E-state index in [-0.39, 0.29) is 6.61 Å². The van der Waals surface area contributed by atoms with Crippen LogP contribution in [0.4, 0.5) is 22.7 Å². The Hall–Kier alpha value is -12.4. The molecular weight excluding hydrogens is 1190 g/mol. The zero-order chi connectivity index (χ0) is 66.6. The summed E-state index contributed by atoms with van der Waals surface area (Å²) in [7, 11) is 0. The molecule has 0 aliphatic carbocycles. The molecule has 0 heterocycles. The zero-order valence-electron chi connectivity index (χ0n) is 54.9. The minimum absolute atomic E-state index is 0.0487. The van der Waals surface area contributed by atoms with Gasteiger partial charge in [0.15, 0.2) is 12.2 Å². The van der Waals surface area contributed by atoms with Crippen LogP contribution in [-0.2, 0) is 0 Å². The predicted octanol–water partition coefficient (Wildman–Crippen LogP) is 21.4. The highest BCUT2D eigenvalue weighted by Crippen LogP contribution is 2.32. The predicted molar refractivity (Wildman–Crippen MR) is 399 cm³/mol. The van der Waals surface area contributed by atoms with Crippen molar-refractivity contribution < 1.29 is 18.9 Å². The van der Waals surface area contributed by atoms with Crippen molar-refractivity contribution in [2.45, 2.75) is 52.9 Å². The van der Waals surface area contributed by atoms with Gasteiger partial charge in [0.25, 0.3) is 0 Å². The van der Waals surface area contributed by atoms with Crippen LogP contribution < -0.4 is 18.9 Å². The Bertz CT molecular complexity index is 4840. The maximum atomic E-state index is 7.27. The number of hydrogen-bond acceptors (Lipinski definition) is 8. The van der Waals surface area contributed by atoms with Crippen molar-refractivity contribution >= 4 is 68.5 Å². The number of benzene rings is 12. The van der Waals surface area contributed by atoms with Crippen LogP contribution in [0.1, 0.15) is 73.7 Å². The number of aryl methyl sites for hydroxylation is 4. The van der Waals surface area contributed by atoms with Crippen molar-refractivity contribution in [1.82, 2.24) is 0 Å². The van der Waals surface area contributed by atoms with Crippen LogP contribution in [0.15, 0.2) is 335 Å². The second-order valence-electron chi connectivity index (χ2n) is 23.7. The van der Waals surface area contributed by atoms with Gasteiger partial charge in [0.1, 0.15) is 35.7 Å². The summed E-state index contributed by atoms with van der Waals surface area (Å²) in [6.45, 7) is 10.3. The topological polar surface area (TPSA) is 86.4 Å². The highest BCUT2D eigenvalue weighted by Gasteiger charge is 2.34. The molecule has 0 saturated heterocycles. The van der Waals surface area contributed by atoms with E-state index in [1.54, 1.807) is 0 Å². The Balaban J connectivity index is 0.920. The quantitative estimate of drug-likeness (QED) is 0.0597. The summed E-state index contributed by atoms with van der Waals surface area (Å²) in [6, 6.07) is 105. The number of hydrogen-bond donors (Lipinski definition) is 0. The highest BCUT2D eigenvalue weighted by molar-refractivity contribution is 6.02. The summed E-state index contributed by atoms with van der Waals surface area (Å²) >= 11 is 0. The third-order valence-corrected chi connectivity index (χ3v) is 16.3. The molecule has 0 amide bonds. The molecule has 97 heavy (non-hydrogen) atoms. The second kappa shape index (κ2) is 32.0. The first-order chi connectivity index (χ1) is 47.6. The van der Waals surface area contributed by atoms with E-state index in [4.69, 9.17) is 38.9 Å². The Morgan fingerprint density at radius 2 is 0.505 bits per heavy atom. The number of rotatable bonds is 23. The molecule has 12 aromatic carbocycles. The van der Waals surface area contributed by atoms with E-state index >= 15 is 0 Å². The molecule has 12 aromatic rings. The Labute approximate surface area is 569 Å². The van der Waals surface area contributed by atoms with Crippen LogP contribution in [0.3, 0.4) is 0 Å². The summed E-state index contributed by atoms with van der Waals surface area (Å²) in [4.78, 5) is 19.2. The molecule has 8 nitrogen and oxygen atoms in total. The first-order valence-corrected chi connectivity index (χ1v) is 32.5. The smallest absolute Gasteiger partial charge is 0.175 e. The normalized spacial score (nSPS) is 11.5. The van der Waals surface area contributed by atoms with Crippen molar-refractivity contribution in [2.75, 3.05) is 6.61 Å². The van der Waals surface area contributed by atoms with E-state index in [2.05, 4.69) is 148 Å². The van der Waals surface area contributed by atoms with Gasteiger partial charge < -0.3 is 18.9 Å². The van der Waals surface area contributed by atoms with Gasteiger partial charge in [-0.15, -0.1) is 0 Å². The summed E-state index contributed by atoms with van der Waals surface area (Å²) in [6.07, 6.45) is -2.24. The van der Waals surface area contributed by atoms with Gasteiger partial charge in [-0.05, 0) is 248 Å². The molecule has 3 unspecified atom stereocenters. The summed E-state index contributed by atoms with van der Waals surface area (Å²) in [5.74, 6) is 15.9. The third kappa shape index (κ3) is 17.9. The second-order valence-corrected chi connectivity index (χ2v) is 23.7. The molecule has 0 aliphatic rings. The molecule has 8 heteroatoms. The van der Waals surface area contributed by atoms with Crippen LogP contribution >= 0.6 is 0 Å². The molecule has 3 atom stereocenters. The van der Waals surface area contributed by atoms with Crippen LogP contribution in [0.5, 0.6) is 23.0 Å². The first kappa shape index (κ1) is 64.7. The van der Waals surface area contributed by atoms with Crippen molar-refractivity contribution in [2.24, 2.45) is 20.0 Å². The zero-order valence-corrected chi connectivity index (χ0v) is 54.9. The molecule has 0 radical (unpaired) electrons. The minimum atomic E-state index is -0.801. The van der Waals surface area contributed by atoms with E-state index < -0.39 is 18.3 Å². The molecule has 12 rings (SSSR count). The molecule has 0 saturated carbocycles. The SMILES string of the molecule is Cc1ccc(N=C=C(c2ccccc2)c2ccc(OCC(Oc3ccc(C(=C=Nc4ccc(C)cc4)c4ccccc4)cc3)C(Oc3ccc(C(=C=Nc4ccc(C)cc4)c4ccccc4)cc3)C(C)Oc3ccc(C(=C=Nc4ccc(C)cc4)c4ccccc4)cc3)cc2)cc1. The maximum absolute atomic E-state index is 7.27. The lowest BCUT2D eigenvalue weighted by Crippen LogP contribution is -2.49. The van der Waals surface area contributed by atoms with Gasteiger partial charge in [0.2, 0.25) is 0 Å². The van der Waals surface area contributed by atoms with Gasteiger partial charge in [0, 0.05) is 0 Å². The van der Waals surface area contributed by atoms with Crippen LogP contribution in [0.25, 0.3) is 22.3 Å². The van der Waals surface area contributed by atoms with Gasteiger partial charge in [-0.2, -0.15) is 0 Å². The number of aliphatic imine (C=N–C) groups is 4. The third-order valence-electron chi connectivity index (χ3n) is 16.3. The van der Waals surface area contributed by atoms with Gasteiger partial charge in [-0.1, -0.05) is 192 Å². The first-order valence-electron chi connectivity index (χ1n) is 32.5. The van der Waals surface area contributed by atoms with Gasteiger partial charge in [0.05, 0.1) is 45.0 Å². The average molecular weight is 1260 g/mol. The summed E-state index contributed by atoms with van der Waals surface area (Å²) < 4.78 is 28.4. The molecule has 0 aliphatic heterocycles. The van der Waals surface area contributed by atoms with Crippen molar-refractivity contribution in [1.29, 1.82) is 0 Å². The fourth-order valence-corrected chi connectivity index (χ4v) is 10.8. The summed E-state index contributed by atoms with van der Waals surface area (Å²) in [5, 5.41) is 0. The van der Waals surface area contributed by atoms with E-state index in [1.165, 1.54) is 0 Å². The standard InChI is InChI=1S/C89H72N4O4/c1-63-26-42-76(43-27-63)90-58-84(68-18-10-6-11-19-68)72-34-50-80(51-35-72)94-62-88(96-82-54-38-74(39-55-82)86(70-22-14-8-15-23-70)60-92-78-46-30-65(3)31-47-78)89(97-83-56-40-75(41-57-83)87(71-24-16-9-17-25-71)61-93-79-48-32-66(4)33-49-79)67(5)95-81-52-36-73(37-53-81)85(69-20-12-7-13-21-69)59-91-77-44-28-64(2)29-45-77/h6-57,67,88-89H,62H2,1-5H3. The number of ether oxygens (including phenoxy) is 4. The Kier molecular flexibility index (Phi) is 21.3. The average Bonchev–Trinajstić information content (AvgIpc) is 0.946. The molecule has 0 spiro atoms. The minimum Gasteiger partial charge on any atom is -0.490 e. The maximum Gasteiger partial charge on any atom is 0.175 e. The fourth-order valence-electron chi connectivity index (χ4n) is 10.8. The molecule has 0 fully saturated rings. The van der Waals surface area contributed by atoms with Crippen molar-refractivity contribution in [3.05, 3.63) is 382 Å². The Morgan fingerprint density at radius 1 is 0.268 bits per heavy atom. The lowest BCUT2D eigenvalue weighted by atomic mass is 9.99. The molecule has 0 aromatic heterocycles.